The first kappa shape index (κ1) is 13.0. The molecule has 0 spiro atoms. The first-order chi connectivity index (χ1) is 7.45. The Morgan fingerprint density at radius 1 is 1.31 bits per heavy atom. The predicted octanol–water partition coefficient (Wildman–Crippen LogP) is 3.52. The largest absolute Gasteiger partial charge is 0.497 e. The molecule has 2 nitrogen and oxygen atoms in total. The van der Waals surface area contributed by atoms with Crippen LogP contribution in [0.4, 0.5) is 0 Å². The summed E-state index contributed by atoms with van der Waals surface area (Å²) in [7, 11) is 1.65. The summed E-state index contributed by atoms with van der Waals surface area (Å²) in [5, 5.41) is -0.276. The van der Waals surface area contributed by atoms with Crippen LogP contribution in [0.5, 0.6) is 5.75 Å². The van der Waals surface area contributed by atoms with Crippen LogP contribution in [0.25, 0.3) is 0 Å². The Labute approximate surface area is 102 Å². The van der Waals surface area contributed by atoms with Crippen molar-refractivity contribution in [2.75, 3.05) is 7.11 Å². The van der Waals surface area contributed by atoms with Crippen LogP contribution in [0.1, 0.15) is 32.3 Å². The van der Waals surface area contributed by atoms with Gasteiger partial charge in [0.25, 0.3) is 0 Å². The highest BCUT2D eigenvalue weighted by Gasteiger charge is 2.21. The fraction of sp³-hybridized carbons (Fsp3) is 0.462. The second-order valence-corrected chi connectivity index (χ2v) is 4.89. The number of halogens is 1. The van der Waals surface area contributed by atoms with Crippen molar-refractivity contribution in [1.82, 2.24) is 0 Å². The maximum atomic E-state index is 10.8. The fourth-order valence-corrected chi connectivity index (χ4v) is 1.69. The Kier molecular flexibility index (Phi) is 4.36. The molecule has 3 heteroatoms. The maximum Gasteiger partial charge on any atom is 0.221 e. The van der Waals surface area contributed by atoms with Gasteiger partial charge in [-0.3, -0.25) is 4.79 Å². The third kappa shape index (κ3) is 3.53. The van der Waals surface area contributed by atoms with Crippen LogP contribution < -0.4 is 4.74 Å². The van der Waals surface area contributed by atoms with Gasteiger partial charge in [-0.2, -0.15) is 0 Å². The van der Waals surface area contributed by atoms with E-state index in [1.165, 1.54) is 5.56 Å². The summed E-state index contributed by atoms with van der Waals surface area (Å²) in [5.74, 6) is 0.841. The van der Waals surface area contributed by atoms with Crippen LogP contribution in [-0.4, -0.2) is 12.4 Å². The molecule has 0 N–H and O–H groups in total. The van der Waals surface area contributed by atoms with E-state index < -0.39 is 0 Å². The number of carbonyl (C=O) groups excluding carboxylic acids is 1. The van der Waals surface area contributed by atoms with Crippen LogP contribution in [0.15, 0.2) is 24.3 Å². The minimum absolute atomic E-state index is 0.0448. The summed E-state index contributed by atoms with van der Waals surface area (Å²) < 4.78 is 5.10. The zero-order chi connectivity index (χ0) is 12.2. The van der Waals surface area contributed by atoms with Gasteiger partial charge in [0.2, 0.25) is 5.24 Å². The molecule has 0 heterocycles. The average Bonchev–Trinajstić information content (AvgIpc) is 2.27. The van der Waals surface area contributed by atoms with E-state index in [0.29, 0.717) is 6.42 Å². The van der Waals surface area contributed by atoms with Gasteiger partial charge >= 0.3 is 0 Å². The highest BCUT2D eigenvalue weighted by atomic mass is 35.5. The first-order valence-corrected chi connectivity index (χ1v) is 5.66. The van der Waals surface area contributed by atoms with Crippen LogP contribution in [0, 0.1) is 0 Å². The van der Waals surface area contributed by atoms with Gasteiger partial charge in [-0.05, 0) is 41.1 Å². The van der Waals surface area contributed by atoms with Crippen molar-refractivity contribution >= 4 is 16.8 Å². The van der Waals surface area contributed by atoms with Crippen LogP contribution in [0.2, 0.25) is 0 Å². The number of carbonyl (C=O) groups is 1. The van der Waals surface area contributed by atoms with Crippen molar-refractivity contribution in [2.45, 2.75) is 32.1 Å². The smallest absolute Gasteiger partial charge is 0.221 e. The van der Waals surface area contributed by atoms with Crippen LogP contribution in [-0.2, 0) is 10.2 Å². The van der Waals surface area contributed by atoms with Crippen molar-refractivity contribution in [3.8, 4) is 5.75 Å². The predicted molar refractivity (Wildman–Crippen MR) is 66.1 cm³/mol. The standard InChI is InChI=1S/C13H17ClO2/c1-13(2,9-8-12(14)15)10-4-6-11(16-3)7-5-10/h4-7H,8-9H2,1-3H3. The molecule has 0 aliphatic carbocycles. The molecule has 1 rings (SSSR count). The molecule has 0 amide bonds. The van der Waals surface area contributed by atoms with Gasteiger partial charge in [0.15, 0.2) is 0 Å². The third-order valence-electron chi connectivity index (χ3n) is 2.82. The third-order valence-corrected chi connectivity index (χ3v) is 3.01. The normalized spacial score (nSPS) is 11.2. The molecular weight excluding hydrogens is 224 g/mol. The summed E-state index contributed by atoms with van der Waals surface area (Å²) >= 11 is 5.36. The molecule has 0 unspecified atom stereocenters. The van der Waals surface area contributed by atoms with Gasteiger partial charge < -0.3 is 4.74 Å². The summed E-state index contributed by atoms with van der Waals surface area (Å²) in [6, 6.07) is 7.91. The number of hydrogen-bond acceptors (Lipinski definition) is 2. The summed E-state index contributed by atoms with van der Waals surface area (Å²) in [4.78, 5) is 10.8. The molecular formula is C13H17ClO2. The minimum atomic E-state index is -0.276. The van der Waals surface area contributed by atoms with E-state index in [1.54, 1.807) is 7.11 Å². The van der Waals surface area contributed by atoms with E-state index in [4.69, 9.17) is 16.3 Å². The monoisotopic (exact) mass is 240 g/mol. The molecule has 0 fully saturated rings. The number of rotatable bonds is 5. The Morgan fingerprint density at radius 3 is 2.31 bits per heavy atom. The molecule has 0 atom stereocenters. The Morgan fingerprint density at radius 2 is 1.88 bits per heavy atom. The van der Waals surface area contributed by atoms with Crippen LogP contribution in [0.3, 0.4) is 0 Å². The van der Waals surface area contributed by atoms with E-state index in [0.717, 1.165) is 12.2 Å². The lowest BCUT2D eigenvalue weighted by Gasteiger charge is -2.24. The van der Waals surface area contributed by atoms with Gasteiger partial charge in [-0.1, -0.05) is 26.0 Å². The molecule has 0 aliphatic rings. The van der Waals surface area contributed by atoms with Crippen LogP contribution >= 0.6 is 11.6 Å². The molecule has 0 saturated heterocycles. The maximum absolute atomic E-state index is 10.8. The molecule has 1 aromatic carbocycles. The molecule has 0 bridgehead atoms. The lowest BCUT2D eigenvalue weighted by Crippen LogP contribution is -2.17. The molecule has 1 aromatic rings. The molecule has 0 aliphatic heterocycles. The van der Waals surface area contributed by atoms with Crippen molar-refractivity contribution in [2.24, 2.45) is 0 Å². The number of hydrogen-bond donors (Lipinski definition) is 0. The van der Waals surface area contributed by atoms with Gasteiger partial charge in [-0.15, -0.1) is 0 Å². The van der Waals surface area contributed by atoms with E-state index in [9.17, 15) is 4.79 Å². The topological polar surface area (TPSA) is 26.3 Å². The highest BCUT2D eigenvalue weighted by Crippen LogP contribution is 2.29. The van der Waals surface area contributed by atoms with E-state index in [2.05, 4.69) is 13.8 Å². The number of ether oxygens (including phenoxy) is 1. The molecule has 0 aromatic heterocycles. The van der Waals surface area contributed by atoms with Gasteiger partial charge in [0.05, 0.1) is 7.11 Å². The molecule has 88 valence electrons. The second-order valence-electron chi connectivity index (χ2n) is 4.47. The minimum Gasteiger partial charge on any atom is -0.497 e. The van der Waals surface area contributed by atoms with Crippen molar-refractivity contribution in [1.29, 1.82) is 0 Å². The van der Waals surface area contributed by atoms with Gasteiger partial charge in [-0.25, -0.2) is 0 Å². The number of methoxy groups -OCH3 is 1. The highest BCUT2D eigenvalue weighted by molar-refractivity contribution is 6.63. The van der Waals surface area contributed by atoms with Gasteiger partial charge in [0, 0.05) is 6.42 Å². The zero-order valence-corrected chi connectivity index (χ0v) is 10.7. The molecule has 0 saturated carbocycles. The van der Waals surface area contributed by atoms with Crippen molar-refractivity contribution in [3.63, 3.8) is 0 Å². The van der Waals surface area contributed by atoms with Gasteiger partial charge in [0.1, 0.15) is 5.75 Å². The zero-order valence-electron chi connectivity index (χ0n) is 9.92. The summed E-state index contributed by atoms with van der Waals surface area (Å²) in [6.07, 6.45) is 1.16. The lowest BCUT2D eigenvalue weighted by atomic mass is 9.81. The summed E-state index contributed by atoms with van der Waals surface area (Å²) in [5.41, 5.74) is 1.14. The fourth-order valence-electron chi connectivity index (χ4n) is 1.60. The van der Waals surface area contributed by atoms with Crippen molar-refractivity contribution in [3.05, 3.63) is 29.8 Å². The molecule has 0 radical (unpaired) electrons. The second kappa shape index (κ2) is 5.35. The van der Waals surface area contributed by atoms with E-state index >= 15 is 0 Å². The Balaban J connectivity index is 2.76. The molecule has 16 heavy (non-hydrogen) atoms. The van der Waals surface area contributed by atoms with E-state index in [1.807, 2.05) is 24.3 Å². The average molecular weight is 241 g/mol. The number of benzene rings is 1. The Hall–Kier alpha value is -1.02. The SMILES string of the molecule is COc1ccc(C(C)(C)CCC(=O)Cl)cc1. The van der Waals surface area contributed by atoms with E-state index in [-0.39, 0.29) is 10.7 Å². The summed E-state index contributed by atoms with van der Waals surface area (Å²) in [6.45, 7) is 4.21. The Bertz CT molecular complexity index is 355. The lowest BCUT2D eigenvalue weighted by molar-refractivity contribution is -0.112. The van der Waals surface area contributed by atoms with Crippen molar-refractivity contribution < 1.29 is 9.53 Å². The first-order valence-electron chi connectivity index (χ1n) is 5.28. The quantitative estimate of drug-likeness (QED) is 0.737.